The average Bonchev–Trinajstić information content (AvgIpc) is 2.46. The average molecular weight is 337 g/mol. The van der Waals surface area contributed by atoms with Crippen LogP contribution in [0.1, 0.15) is 91.4 Å². The lowest BCUT2D eigenvalue weighted by atomic mass is 9.77. The van der Waals surface area contributed by atoms with Crippen molar-refractivity contribution in [2.45, 2.75) is 91.4 Å². The van der Waals surface area contributed by atoms with Gasteiger partial charge in [-0.05, 0) is 17.8 Å². The van der Waals surface area contributed by atoms with Gasteiger partial charge in [0.15, 0.2) is 0 Å². The van der Waals surface area contributed by atoms with Crippen molar-refractivity contribution in [2.24, 2.45) is 17.8 Å². The number of hydrogen-bond donors (Lipinski definition) is 2. The Labute approximate surface area is 137 Å². The first-order chi connectivity index (χ1) is 10.3. The minimum absolute atomic E-state index is 1.03. The quantitative estimate of drug-likeness (QED) is 0.570. The first-order valence-electron chi connectivity index (χ1n) is 8.99. The smallest absolute Gasteiger partial charge is 0.264 e. The van der Waals surface area contributed by atoms with Gasteiger partial charge in [0.25, 0.3) is 0 Å². The molecular formula is C17H36O4S. The molecule has 0 saturated heterocycles. The molecule has 0 aromatic heterocycles. The van der Waals surface area contributed by atoms with E-state index < -0.39 is 10.4 Å². The Morgan fingerprint density at radius 2 is 1.45 bits per heavy atom. The van der Waals surface area contributed by atoms with Gasteiger partial charge in [0.1, 0.15) is 0 Å². The van der Waals surface area contributed by atoms with Crippen molar-refractivity contribution >= 4 is 10.4 Å². The summed E-state index contributed by atoms with van der Waals surface area (Å²) in [6.07, 6.45) is 16.3. The van der Waals surface area contributed by atoms with Crippen molar-refractivity contribution < 1.29 is 17.5 Å². The van der Waals surface area contributed by atoms with E-state index in [4.69, 9.17) is 17.5 Å². The highest BCUT2D eigenvalue weighted by Crippen LogP contribution is 2.34. The van der Waals surface area contributed by atoms with Crippen LogP contribution in [0, 0.1) is 17.8 Å². The van der Waals surface area contributed by atoms with E-state index in [1.165, 1.54) is 70.6 Å². The summed E-state index contributed by atoms with van der Waals surface area (Å²) < 4.78 is 31.6. The number of hydrogen-bond acceptors (Lipinski definition) is 2. The third-order valence-corrected chi connectivity index (χ3v) is 5.07. The molecule has 5 heteroatoms. The van der Waals surface area contributed by atoms with Crippen LogP contribution in [0.25, 0.3) is 0 Å². The maximum absolute atomic E-state index is 8.74. The largest absolute Gasteiger partial charge is 0.394 e. The molecule has 1 rings (SSSR count). The molecule has 1 atom stereocenters. The fourth-order valence-electron chi connectivity index (χ4n) is 3.45. The summed E-state index contributed by atoms with van der Waals surface area (Å²) in [5.41, 5.74) is 0. The van der Waals surface area contributed by atoms with Crippen molar-refractivity contribution in [2.75, 3.05) is 0 Å². The maximum atomic E-state index is 8.74. The highest BCUT2D eigenvalue weighted by molar-refractivity contribution is 7.79. The first kappa shape index (κ1) is 21.9. The van der Waals surface area contributed by atoms with E-state index >= 15 is 0 Å². The Morgan fingerprint density at radius 3 is 1.86 bits per heavy atom. The summed E-state index contributed by atoms with van der Waals surface area (Å²) in [7, 11) is -4.67. The fourth-order valence-corrected chi connectivity index (χ4v) is 3.45. The van der Waals surface area contributed by atoms with Gasteiger partial charge in [-0.2, -0.15) is 8.42 Å². The second-order valence-corrected chi connectivity index (χ2v) is 7.63. The Hall–Kier alpha value is -0.130. The van der Waals surface area contributed by atoms with Crippen molar-refractivity contribution in [3.8, 4) is 0 Å². The molecule has 1 fully saturated rings. The molecule has 1 aliphatic rings. The summed E-state index contributed by atoms with van der Waals surface area (Å²) in [6.45, 7) is 7.07. The molecule has 22 heavy (non-hydrogen) atoms. The summed E-state index contributed by atoms with van der Waals surface area (Å²) in [5.74, 6) is 3.17. The van der Waals surface area contributed by atoms with Crippen LogP contribution < -0.4 is 0 Å². The lowest BCUT2D eigenvalue weighted by Crippen LogP contribution is -2.15. The van der Waals surface area contributed by atoms with E-state index in [0.29, 0.717) is 0 Å². The Bertz CT molecular complexity index is 338. The van der Waals surface area contributed by atoms with Gasteiger partial charge in [-0.25, -0.2) is 0 Å². The zero-order valence-electron chi connectivity index (χ0n) is 14.6. The molecular weight excluding hydrogens is 300 g/mol. The minimum Gasteiger partial charge on any atom is -0.264 e. The van der Waals surface area contributed by atoms with E-state index in [0.717, 1.165) is 17.8 Å². The second-order valence-electron chi connectivity index (χ2n) is 6.74. The predicted molar refractivity (Wildman–Crippen MR) is 92.5 cm³/mol. The van der Waals surface area contributed by atoms with Crippen LogP contribution in [0.15, 0.2) is 0 Å². The van der Waals surface area contributed by atoms with E-state index in [-0.39, 0.29) is 0 Å². The van der Waals surface area contributed by atoms with Gasteiger partial charge in [-0.1, -0.05) is 91.4 Å². The predicted octanol–water partition coefficient (Wildman–Crippen LogP) is 5.55. The van der Waals surface area contributed by atoms with Crippen LogP contribution in [-0.4, -0.2) is 17.5 Å². The molecule has 0 bridgehead atoms. The number of rotatable bonds is 8. The molecule has 0 radical (unpaired) electrons. The Kier molecular flexibility index (Phi) is 12.2. The van der Waals surface area contributed by atoms with Crippen molar-refractivity contribution in [1.29, 1.82) is 0 Å². The van der Waals surface area contributed by atoms with E-state index in [1.807, 2.05) is 0 Å². The van der Waals surface area contributed by atoms with Crippen molar-refractivity contribution in [3.63, 3.8) is 0 Å². The first-order valence-corrected chi connectivity index (χ1v) is 10.4. The summed E-state index contributed by atoms with van der Waals surface area (Å²) in [6, 6.07) is 0. The highest BCUT2D eigenvalue weighted by Gasteiger charge is 2.20. The summed E-state index contributed by atoms with van der Waals surface area (Å²) in [5, 5.41) is 0. The Balaban J connectivity index is 0.000000763. The molecule has 1 saturated carbocycles. The molecule has 1 aliphatic carbocycles. The molecule has 0 aromatic carbocycles. The normalized spacial score (nSPS) is 23.5. The van der Waals surface area contributed by atoms with Crippen LogP contribution in [-0.2, 0) is 10.4 Å². The third kappa shape index (κ3) is 13.5. The van der Waals surface area contributed by atoms with Gasteiger partial charge in [0.2, 0.25) is 0 Å². The molecule has 2 N–H and O–H groups in total. The van der Waals surface area contributed by atoms with Crippen LogP contribution in [0.2, 0.25) is 0 Å². The monoisotopic (exact) mass is 336 g/mol. The SMILES string of the molecule is CCCCC(CC)CCC1CCC(CC)CC1.O=S(=O)(O)O. The molecule has 1 unspecified atom stereocenters. The zero-order valence-corrected chi connectivity index (χ0v) is 15.4. The summed E-state index contributed by atoms with van der Waals surface area (Å²) >= 11 is 0. The van der Waals surface area contributed by atoms with Gasteiger partial charge < -0.3 is 0 Å². The van der Waals surface area contributed by atoms with E-state index in [1.54, 1.807) is 0 Å². The molecule has 0 aromatic rings. The molecule has 134 valence electrons. The van der Waals surface area contributed by atoms with Crippen LogP contribution in [0.3, 0.4) is 0 Å². The Morgan fingerprint density at radius 1 is 0.955 bits per heavy atom. The molecule has 0 heterocycles. The van der Waals surface area contributed by atoms with Crippen LogP contribution >= 0.6 is 0 Å². The number of unbranched alkanes of at least 4 members (excludes halogenated alkanes) is 1. The van der Waals surface area contributed by atoms with E-state index in [9.17, 15) is 0 Å². The van der Waals surface area contributed by atoms with Gasteiger partial charge >= 0.3 is 10.4 Å². The summed E-state index contributed by atoms with van der Waals surface area (Å²) in [4.78, 5) is 0. The van der Waals surface area contributed by atoms with Gasteiger partial charge in [-0.3, -0.25) is 9.11 Å². The minimum atomic E-state index is -4.67. The van der Waals surface area contributed by atoms with Crippen LogP contribution in [0.5, 0.6) is 0 Å². The molecule has 0 amide bonds. The van der Waals surface area contributed by atoms with Gasteiger partial charge in [-0.15, -0.1) is 0 Å². The molecule has 4 nitrogen and oxygen atoms in total. The lowest BCUT2D eigenvalue weighted by molar-refractivity contribution is 0.241. The maximum Gasteiger partial charge on any atom is 0.394 e. The van der Waals surface area contributed by atoms with E-state index in [2.05, 4.69) is 20.8 Å². The lowest BCUT2D eigenvalue weighted by Gasteiger charge is -2.28. The van der Waals surface area contributed by atoms with Crippen molar-refractivity contribution in [3.05, 3.63) is 0 Å². The second kappa shape index (κ2) is 12.3. The van der Waals surface area contributed by atoms with Crippen LogP contribution in [0.4, 0.5) is 0 Å². The van der Waals surface area contributed by atoms with Crippen molar-refractivity contribution in [1.82, 2.24) is 0 Å². The fraction of sp³-hybridized carbons (Fsp3) is 1.00. The van der Waals surface area contributed by atoms with Gasteiger partial charge in [0.05, 0.1) is 0 Å². The topological polar surface area (TPSA) is 74.6 Å². The molecule has 0 aliphatic heterocycles. The van der Waals surface area contributed by atoms with Gasteiger partial charge in [0, 0.05) is 0 Å². The zero-order chi connectivity index (χ0) is 17.0. The standard InChI is InChI=1S/C17H34.H2O4S/c1-4-7-8-15(5-2)9-12-17-13-10-16(6-3)11-14-17;1-5(2,3)4/h15-17H,4-14H2,1-3H3;(H2,1,2,3,4). The third-order valence-electron chi connectivity index (χ3n) is 5.07. The molecule has 0 spiro atoms. The highest BCUT2D eigenvalue weighted by atomic mass is 32.3.